The number of guanidine groups is 1. The molecule has 0 unspecified atom stereocenters. The van der Waals surface area contributed by atoms with Gasteiger partial charge in [-0.1, -0.05) is 30.7 Å². The second kappa shape index (κ2) is 8.38. The van der Waals surface area contributed by atoms with E-state index in [0.29, 0.717) is 6.54 Å². The van der Waals surface area contributed by atoms with Crippen LogP contribution in [0.5, 0.6) is 0 Å². The van der Waals surface area contributed by atoms with Crippen LogP contribution in [0, 0.1) is 0 Å². The fourth-order valence-corrected chi connectivity index (χ4v) is 2.30. The lowest BCUT2D eigenvalue weighted by Crippen LogP contribution is -2.38. The molecule has 7 heteroatoms. The van der Waals surface area contributed by atoms with Gasteiger partial charge in [0.25, 0.3) is 0 Å². The highest BCUT2D eigenvalue weighted by molar-refractivity contribution is 6.30. The van der Waals surface area contributed by atoms with E-state index in [-0.39, 0.29) is 0 Å². The van der Waals surface area contributed by atoms with Crippen LogP contribution >= 0.6 is 11.6 Å². The topological polar surface area (TPSA) is 67.1 Å². The predicted octanol–water partition coefficient (Wildman–Crippen LogP) is 1.86. The number of rotatable bonds is 6. The molecule has 22 heavy (non-hydrogen) atoms. The minimum absolute atomic E-state index is 0.674. The highest BCUT2D eigenvalue weighted by Gasteiger charge is 2.02. The van der Waals surface area contributed by atoms with Gasteiger partial charge in [0, 0.05) is 38.1 Å². The number of nitrogens with one attached hydrogen (secondary N) is 2. The Morgan fingerprint density at radius 2 is 2.23 bits per heavy atom. The SMILES string of the molecule is CCc1nncn1CCNC(=NC)NCc1cccc(Cl)c1. The van der Waals surface area contributed by atoms with Gasteiger partial charge in [-0.25, -0.2) is 0 Å². The summed E-state index contributed by atoms with van der Waals surface area (Å²) in [6.07, 6.45) is 2.63. The fraction of sp³-hybridized carbons (Fsp3) is 0.400. The van der Waals surface area contributed by atoms with Crippen LogP contribution in [0.4, 0.5) is 0 Å². The maximum atomic E-state index is 5.98. The van der Waals surface area contributed by atoms with E-state index in [0.717, 1.165) is 41.9 Å². The van der Waals surface area contributed by atoms with Crippen LogP contribution < -0.4 is 10.6 Å². The highest BCUT2D eigenvalue weighted by atomic mass is 35.5. The van der Waals surface area contributed by atoms with Gasteiger partial charge in [-0.3, -0.25) is 4.99 Å². The molecule has 0 spiro atoms. The van der Waals surface area contributed by atoms with Gasteiger partial charge in [-0.2, -0.15) is 0 Å². The Balaban J connectivity index is 1.78. The van der Waals surface area contributed by atoms with Crippen molar-refractivity contribution in [2.75, 3.05) is 13.6 Å². The minimum atomic E-state index is 0.674. The average Bonchev–Trinajstić information content (AvgIpc) is 2.98. The molecule has 0 amide bonds. The largest absolute Gasteiger partial charge is 0.355 e. The van der Waals surface area contributed by atoms with Crippen LogP contribution in [-0.4, -0.2) is 34.3 Å². The van der Waals surface area contributed by atoms with E-state index in [9.17, 15) is 0 Å². The van der Waals surface area contributed by atoms with Crippen molar-refractivity contribution in [3.05, 3.63) is 47.0 Å². The Morgan fingerprint density at radius 1 is 1.36 bits per heavy atom. The van der Waals surface area contributed by atoms with Crippen molar-refractivity contribution in [1.82, 2.24) is 25.4 Å². The summed E-state index contributed by atoms with van der Waals surface area (Å²) in [4.78, 5) is 4.21. The normalized spacial score (nSPS) is 11.5. The van der Waals surface area contributed by atoms with Crippen LogP contribution in [0.2, 0.25) is 5.02 Å². The molecule has 0 saturated heterocycles. The van der Waals surface area contributed by atoms with Gasteiger partial charge in [-0.15, -0.1) is 10.2 Å². The Labute approximate surface area is 135 Å². The van der Waals surface area contributed by atoms with Crippen LogP contribution in [0.3, 0.4) is 0 Å². The van der Waals surface area contributed by atoms with Gasteiger partial charge < -0.3 is 15.2 Å². The van der Waals surface area contributed by atoms with E-state index in [1.165, 1.54) is 0 Å². The molecular weight excluding hydrogens is 300 g/mol. The molecule has 0 aliphatic heterocycles. The van der Waals surface area contributed by atoms with Crippen molar-refractivity contribution in [2.45, 2.75) is 26.4 Å². The maximum Gasteiger partial charge on any atom is 0.191 e. The maximum absolute atomic E-state index is 5.98. The van der Waals surface area contributed by atoms with Crippen LogP contribution in [0.25, 0.3) is 0 Å². The molecule has 118 valence electrons. The van der Waals surface area contributed by atoms with Gasteiger partial charge in [-0.05, 0) is 17.7 Å². The molecule has 0 radical (unpaired) electrons. The third-order valence-corrected chi connectivity index (χ3v) is 3.46. The third kappa shape index (κ3) is 4.73. The number of aromatic nitrogens is 3. The van der Waals surface area contributed by atoms with Crippen molar-refractivity contribution in [1.29, 1.82) is 0 Å². The monoisotopic (exact) mass is 320 g/mol. The highest BCUT2D eigenvalue weighted by Crippen LogP contribution is 2.10. The van der Waals surface area contributed by atoms with E-state index in [4.69, 9.17) is 11.6 Å². The molecule has 2 rings (SSSR count). The third-order valence-electron chi connectivity index (χ3n) is 3.23. The molecule has 0 saturated carbocycles. The molecule has 2 N–H and O–H groups in total. The first-order valence-corrected chi connectivity index (χ1v) is 7.66. The Bertz CT molecular complexity index is 622. The quantitative estimate of drug-likeness (QED) is 0.630. The Hall–Kier alpha value is -2.08. The summed E-state index contributed by atoms with van der Waals surface area (Å²) in [6, 6.07) is 7.76. The summed E-state index contributed by atoms with van der Waals surface area (Å²) in [6.45, 7) is 4.29. The molecule has 1 aromatic carbocycles. The summed E-state index contributed by atoms with van der Waals surface area (Å²) in [7, 11) is 1.75. The molecule has 0 aliphatic carbocycles. The van der Waals surface area contributed by atoms with Crippen LogP contribution in [-0.2, 0) is 19.5 Å². The zero-order valence-electron chi connectivity index (χ0n) is 12.9. The second-order valence-electron chi connectivity index (χ2n) is 4.78. The molecular formula is C15H21ClN6. The summed E-state index contributed by atoms with van der Waals surface area (Å²) in [5.74, 6) is 1.75. The first-order valence-electron chi connectivity index (χ1n) is 7.28. The lowest BCUT2D eigenvalue weighted by Gasteiger charge is -2.12. The van der Waals surface area contributed by atoms with Gasteiger partial charge in [0.1, 0.15) is 12.2 Å². The van der Waals surface area contributed by atoms with Crippen molar-refractivity contribution in [2.24, 2.45) is 4.99 Å². The molecule has 0 atom stereocenters. The first-order chi connectivity index (χ1) is 10.7. The minimum Gasteiger partial charge on any atom is -0.355 e. The van der Waals surface area contributed by atoms with Gasteiger partial charge in [0.05, 0.1) is 0 Å². The molecule has 0 bridgehead atoms. The van der Waals surface area contributed by atoms with E-state index in [1.54, 1.807) is 13.4 Å². The summed E-state index contributed by atoms with van der Waals surface area (Å²) >= 11 is 5.98. The van der Waals surface area contributed by atoms with Gasteiger partial charge >= 0.3 is 0 Å². The van der Waals surface area contributed by atoms with Crippen molar-refractivity contribution in [3.8, 4) is 0 Å². The smallest absolute Gasteiger partial charge is 0.191 e. The number of hydrogen-bond donors (Lipinski definition) is 2. The zero-order chi connectivity index (χ0) is 15.8. The van der Waals surface area contributed by atoms with Crippen molar-refractivity contribution >= 4 is 17.6 Å². The zero-order valence-corrected chi connectivity index (χ0v) is 13.6. The predicted molar refractivity (Wildman–Crippen MR) is 89.1 cm³/mol. The van der Waals surface area contributed by atoms with Crippen molar-refractivity contribution in [3.63, 3.8) is 0 Å². The van der Waals surface area contributed by atoms with E-state index in [1.807, 2.05) is 28.8 Å². The second-order valence-corrected chi connectivity index (χ2v) is 5.21. The number of aliphatic imine (C=N–C) groups is 1. The molecule has 1 aromatic heterocycles. The molecule has 0 fully saturated rings. The van der Waals surface area contributed by atoms with E-state index in [2.05, 4.69) is 32.7 Å². The van der Waals surface area contributed by atoms with Crippen LogP contribution in [0.15, 0.2) is 35.6 Å². The number of nitrogens with zero attached hydrogens (tertiary/aromatic N) is 4. The number of halogens is 1. The van der Waals surface area contributed by atoms with Crippen LogP contribution in [0.1, 0.15) is 18.3 Å². The van der Waals surface area contributed by atoms with E-state index < -0.39 is 0 Å². The fourth-order valence-electron chi connectivity index (χ4n) is 2.09. The molecule has 2 aromatic rings. The number of benzene rings is 1. The molecule has 1 heterocycles. The number of hydrogen-bond acceptors (Lipinski definition) is 3. The molecule has 0 aliphatic rings. The van der Waals surface area contributed by atoms with Gasteiger partial charge in [0.15, 0.2) is 5.96 Å². The van der Waals surface area contributed by atoms with Gasteiger partial charge in [0.2, 0.25) is 0 Å². The van der Waals surface area contributed by atoms with E-state index >= 15 is 0 Å². The number of aryl methyl sites for hydroxylation is 1. The molecule has 6 nitrogen and oxygen atoms in total. The Morgan fingerprint density at radius 3 is 2.95 bits per heavy atom. The Kier molecular flexibility index (Phi) is 6.21. The first kappa shape index (κ1) is 16.3. The standard InChI is InChI=1S/C15H21ClN6/c1-3-14-21-20-11-22(14)8-7-18-15(17-2)19-10-12-5-4-6-13(16)9-12/h4-6,9,11H,3,7-8,10H2,1-2H3,(H2,17,18,19). The average molecular weight is 321 g/mol. The summed E-state index contributed by atoms with van der Waals surface area (Å²) < 4.78 is 2.04. The lowest BCUT2D eigenvalue weighted by atomic mass is 10.2. The van der Waals surface area contributed by atoms with Crippen molar-refractivity contribution < 1.29 is 0 Å². The lowest BCUT2D eigenvalue weighted by molar-refractivity contribution is 0.632. The summed E-state index contributed by atoms with van der Waals surface area (Å²) in [5, 5.41) is 15.3. The summed E-state index contributed by atoms with van der Waals surface area (Å²) in [5.41, 5.74) is 1.11.